The minimum Gasteiger partial charge on any atom is -0.307 e. The van der Waals surface area contributed by atoms with Crippen molar-refractivity contribution in [2.75, 3.05) is 0 Å². The molecule has 0 saturated heterocycles. The lowest BCUT2D eigenvalue weighted by Gasteiger charge is -2.13. The zero-order valence-corrected chi connectivity index (χ0v) is 12.0. The number of aldehydes is 1. The second kappa shape index (κ2) is 5.43. The van der Waals surface area contributed by atoms with Crippen molar-refractivity contribution in [1.82, 2.24) is 4.57 Å². The predicted molar refractivity (Wildman–Crippen MR) is 83.2 cm³/mol. The van der Waals surface area contributed by atoms with E-state index in [-0.39, 0.29) is 5.69 Å². The molecule has 5 heteroatoms. The summed E-state index contributed by atoms with van der Waals surface area (Å²) in [5.41, 5.74) is 0.971. The van der Waals surface area contributed by atoms with Crippen molar-refractivity contribution in [3.8, 4) is 0 Å². The van der Waals surface area contributed by atoms with Crippen LogP contribution in [0.25, 0.3) is 16.6 Å². The third-order valence-corrected chi connectivity index (χ3v) is 3.66. The van der Waals surface area contributed by atoms with E-state index < -0.39 is 11.7 Å². The van der Waals surface area contributed by atoms with E-state index >= 15 is 0 Å². The molecule has 1 heterocycles. The summed E-state index contributed by atoms with van der Waals surface area (Å²) < 4.78 is 40.3. The van der Waals surface area contributed by atoms with Crippen molar-refractivity contribution in [2.45, 2.75) is 6.18 Å². The van der Waals surface area contributed by atoms with Gasteiger partial charge >= 0.3 is 6.18 Å². The molecular weight excluding hydrogens is 303 g/mol. The Labute approximate surface area is 130 Å². The third kappa shape index (κ3) is 2.65. The van der Waals surface area contributed by atoms with E-state index in [9.17, 15) is 18.0 Å². The zero-order valence-electron chi connectivity index (χ0n) is 12.0. The standard InChI is InChI=1S/C18H12F3NO/c1-12(13-5-3-2-4-6-13)22-16(11-23)9-14-7-8-15(10-17(14)22)18(19,20)21/h2-11H,1H2. The van der Waals surface area contributed by atoms with Crippen LogP contribution in [-0.2, 0) is 6.18 Å². The van der Waals surface area contributed by atoms with Crippen molar-refractivity contribution < 1.29 is 18.0 Å². The van der Waals surface area contributed by atoms with Crippen LogP contribution in [0.1, 0.15) is 21.6 Å². The normalized spacial score (nSPS) is 11.6. The summed E-state index contributed by atoms with van der Waals surface area (Å²) in [5, 5.41) is 0.553. The molecule has 0 bridgehead atoms. The van der Waals surface area contributed by atoms with Gasteiger partial charge in [0.25, 0.3) is 0 Å². The number of benzene rings is 2. The fourth-order valence-electron chi connectivity index (χ4n) is 2.55. The Morgan fingerprint density at radius 3 is 2.35 bits per heavy atom. The van der Waals surface area contributed by atoms with Gasteiger partial charge in [-0.2, -0.15) is 13.2 Å². The average molecular weight is 315 g/mol. The summed E-state index contributed by atoms with van der Waals surface area (Å²) in [7, 11) is 0. The van der Waals surface area contributed by atoms with Crippen LogP contribution in [0.4, 0.5) is 13.2 Å². The van der Waals surface area contributed by atoms with E-state index in [2.05, 4.69) is 6.58 Å². The maximum atomic E-state index is 13.0. The molecular formula is C18H12F3NO. The first-order chi connectivity index (χ1) is 10.9. The molecule has 0 fully saturated rings. The van der Waals surface area contributed by atoms with Gasteiger partial charge in [0, 0.05) is 11.1 Å². The molecule has 0 unspecified atom stereocenters. The Morgan fingerprint density at radius 2 is 1.74 bits per heavy atom. The molecule has 0 aliphatic rings. The molecule has 0 N–H and O–H groups in total. The molecule has 0 saturated carbocycles. The number of hydrogen-bond donors (Lipinski definition) is 0. The molecule has 23 heavy (non-hydrogen) atoms. The number of alkyl halides is 3. The molecule has 0 amide bonds. The number of carbonyl (C=O) groups excluding carboxylic acids is 1. The number of rotatable bonds is 3. The van der Waals surface area contributed by atoms with Gasteiger partial charge in [-0.25, -0.2) is 0 Å². The van der Waals surface area contributed by atoms with Crippen LogP contribution < -0.4 is 0 Å². The van der Waals surface area contributed by atoms with Gasteiger partial charge in [0.1, 0.15) is 0 Å². The Bertz CT molecular complexity index is 892. The molecule has 0 aliphatic carbocycles. The summed E-state index contributed by atoms with van der Waals surface area (Å²) in [6.45, 7) is 3.94. The molecule has 0 radical (unpaired) electrons. The Kier molecular flexibility index (Phi) is 3.56. The summed E-state index contributed by atoms with van der Waals surface area (Å²) in [6.07, 6.45) is -3.83. The minimum atomic E-state index is -4.45. The highest BCUT2D eigenvalue weighted by atomic mass is 19.4. The van der Waals surface area contributed by atoms with Crippen LogP contribution in [0.3, 0.4) is 0 Å². The molecule has 2 nitrogen and oxygen atoms in total. The van der Waals surface area contributed by atoms with Crippen LogP contribution in [0.15, 0.2) is 61.2 Å². The van der Waals surface area contributed by atoms with Crippen molar-refractivity contribution >= 4 is 22.9 Å². The fourth-order valence-corrected chi connectivity index (χ4v) is 2.55. The maximum Gasteiger partial charge on any atom is 0.416 e. The summed E-state index contributed by atoms with van der Waals surface area (Å²) in [4.78, 5) is 11.3. The van der Waals surface area contributed by atoms with Crippen LogP contribution >= 0.6 is 0 Å². The summed E-state index contributed by atoms with van der Waals surface area (Å²) >= 11 is 0. The Morgan fingerprint density at radius 1 is 1.04 bits per heavy atom. The van der Waals surface area contributed by atoms with Gasteiger partial charge in [0.2, 0.25) is 0 Å². The van der Waals surface area contributed by atoms with E-state index in [1.54, 1.807) is 30.3 Å². The van der Waals surface area contributed by atoms with Crippen molar-refractivity contribution in [3.63, 3.8) is 0 Å². The number of hydrogen-bond acceptors (Lipinski definition) is 1. The molecule has 2 aromatic carbocycles. The van der Waals surface area contributed by atoms with Gasteiger partial charge in [-0.1, -0.05) is 43.0 Å². The minimum absolute atomic E-state index is 0.258. The Hall–Kier alpha value is -2.82. The zero-order chi connectivity index (χ0) is 16.6. The van der Waals surface area contributed by atoms with Gasteiger partial charge in [0.15, 0.2) is 6.29 Å². The monoisotopic (exact) mass is 315 g/mol. The Balaban J connectivity index is 2.25. The predicted octanol–water partition coefficient (Wildman–Crippen LogP) is 4.99. The quantitative estimate of drug-likeness (QED) is 0.624. The number of fused-ring (bicyclic) bond motifs is 1. The van der Waals surface area contributed by atoms with Gasteiger partial charge in [-0.3, -0.25) is 4.79 Å². The highest BCUT2D eigenvalue weighted by molar-refractivity contribution is 5.94. The SMILES string of the molecule is C=C(c1ccccc1)n1c(C=O)cc2ccc(C(F)(F)F)cc21. The van der Waals surface area contributed by atoms with Crippen molar-refractivity contribution in [1.29, 1.82) is 0 Å². The lowest BCUT2D eigenvalue weighted by molar-refractivity contribution is -0.137. The highest BCUT2D eigenvalue weighted by Gasteiger charge is 2.31. The van der Waals surface area contributed by atoms with Crippen LogP contribution in [0, 0.1) is 0 Å². The molecule has 116 valence electrons. The number of halogens is 3. The lowest BCUT2D eigenvalue weighted by atomic mass is 10.1. The molecule has 1 aromatic heterocycles. The van der Waals surface area contributed by atoms with E-state index in [4.69, 9.17) is 0 Å². The average Bonchev–Trinajstić information content (AvgIpc) is 2.91. The number of nitrogens with zero attached hydrogens (tertiary/aromatic N) is 1. The third-order valence-electron chi connectivity index (χ3n) is 3.66. The molecule has 3 aromatic rings. The van der Waals surface area contributed by atoms with E-state index in [1.165, 1.54) is 10.6 Å². The van der Waals surface area contributed by atoms with Crippen LogP contribution in [-0.4, -0.2) is 10.9 Å². The fraction of sp³-hybridized carbons (Fsp3) is 0.0556. The molecule has 0 spiro atoms. The highest BCUT2D eigenvalue weighted by Crippen LogP contribution is 2.33. The second-order valence-electron chi connectivity index (χ2n) is 5.11. The van der Waals surface area contributed by atoms with Gasteiger partial charge in [0.05, 0.1) is 16.8 Å². The van der Waals surface area contributed by atoms with Gasteiger partial charge in [-0.05, 0) is 23.8 Å². The smallest absolute Gasteiger partial charge is 0.307 e. The second-order valence-corrected chi connectivity index (χ2v) is 5.11. The summed E-state index contributed by atoms with van der Waals surface area (Å²) in [6, 6.07) is 14.0. The van der Waals surface area contributed by atoms with Gasteiger partial charge in [-0.15, -0.1) is 0 Å². The first-order valence-corrected chi connectivity index (χ1v) is 6.84. The lowest BCUT2D eigenvalue weighted by Crippen LogP contribution is -2.06. The molecule has 0 aliphatic heterocycles. The first-order valence-electron chi connectivity index (χ1n) is 6.84. The van der Waals surface area contributed by atoms with Crippen molar-refractivity contribution in [3.05, 3.63) is 78.0 Å². The number of carbonyl (C=O) groups is 1. The molecule has 0 atom stereocenters. The van der Waals surface area contributed by atoms with E-state index in [0.717, 1.165) is 17.7 Å². The van der Waals surface area contributed by atoms with Gasteiger partial charge < -0.3 is 4.57 Å². The topological polar surface area (TPSA) is 22.0 Å². The molecule has 3 rings (SSSR count). The van der Waals surface area contributed by atoms with Crippen LogP contribution in [0.2, 0.25) is 0 Å². The number of aromatic nitrogens is 1. The van der Waals surface area contributed by atoms with Crippen molar-refractivity contribution in [2.24, 2.45) is 0 Å². The van der Waals surface area contributed by atoms with E-state index in [0.29, 0.717) is 22.9 Å². The summed E-state index contributed by atoms with van der Waals surface area (Å²) in [5.74, 6) is 0. The maximum absolute atomic E-state index is 13.0. The van der Waals surface area contributed by atoms with E-state index in [1.807, 2.05) is 6.07 Å². The van der Waals surface area contributed by atoms with Crippen LogP contribution in [0.5, 0.6) is 0 Å². The largest absolute Gasteiger partial charge is 0.416 e. The first kappa shape index (κ1) is 15.1.